The molecule has 1 N–H and O–H groups in total. The fourth-order valence-electron chi connectivity index (χ4n) is 3.33. The molecule has 1 saturated heterocycles. The summed E-state index contributed by atoms with van der Waals surface area (Å²) in [7, 11) is 0. The lowest BCUT2D eigenvalue weighted by atomic mass is 10.2. The second-order valence-electron chi connectivity index (χ2n) is 6.79. The van der Waals surface area contributed by atoms with Gasteiger partial charge in [0.15, 0.2) is 0 Å². The third-order valence-electron chi connectivity index (χ3n) is 4.77. The Morgan fingerprint density at radius 2 is 1.94 bits per heavy atom. The Bertz CT molecular complexity index is 1010. The Hall–Kier alpha value is -2.62. The number of carbonyl (C=O) groups excluding carboxylic acids is 1. The molecule has 7 nitrogen and oxygen atoms in total. The molecule has 1 amide bonds. The maximum absolute atomic E-state index is 12.9. The van der Waals surface area contributed by atoms with Gasteiger partial charge in [0.1, 0.15) is 22.2 Å². The van der Waals surface area contributed by atoms with Crippen LogP contribution in [0.4, 0.5) is 11.4 Å². The largest absolute Gasteiger partial charge is 0.492 e. The molecule has 31 heavy (non-hydrogen) atoms. The van der Waals surface area contributed by atoms with Gasteiger partial charge in [0.25, 0.3) is 5.91 Å². The number of thiophene rings is 1. The van der Waals surface area contributed by atoms with Gasteiger partial charge in [-0.15, -0.1) is 11.3 Å². The van der Waals surface area contributed by atoms with E-state index in [9.17, 15) is 4.79 Å². The first-order valence-electron chi connectivity index (χ1n) is 10.2. The minimum atomic E-state index is -0.278. The van der Waals surface area contributed by atoms with Crippen LogP contribution in [0.5, 0.6) is 11.5 Å². The van der Waals surface area contributed by atoms with Crippen molar-refractivity contribution in [2.75, 3.05) is 49.7 Å². The van der Waals surface area contributed by atoms with E-state index in [2.05, 4.69) is 15.2 Å². The monoisotopic (exact) mass is 459 g/mol. The SMILES string of the molecule is CCOc1cc(N2CCOCC2)c(OCC)cc1NC(=O)c1csc(-c2ccsc2)n1. The normalized spacial score (nSPS) is 13.8. The predicted octanol–water partition coefficient (Wildman–Crippen LogP) is 4.76. The van der Waals surface area contributed by atoms with E-state index in [-0.39, 0.29) is 5.91 Å². The van der Waals surface area contributed by atoms with Crippen LogP contribution in [-0.2, 0) is 4.74 Å². The number of nitrogens with one attached hydrogen (secondary N) is 1. The molecule has 0 unspecified atom stereocenters. The summed E-state index contributed by atoms with van der Waals surface area (Å²) in [5.41, 5.74) is 2.92. The smallest absolute Gasteiger partial charge is 0.275 e. The maximum atomic E-state index is 12.9. The summed E-state index contributed by atoms with van der Waals surface area (Å²) >= 11 is 3.06. The summed E-state index contributed by atoms with van der Waals surface area (Å²) in [6, 6.07) is 5.77. The average molecular weight is 460 g/mol. The van der Waals surface area contributed by atoms with E-state index in [1.54, 1.807) is 16.7 Å². The molecule has 3 aromatic rings. The second kappa shape index (κ2) is 10.1. The second-order valence-corrected chi connectivity index (χ2v) is 8.42. The number of amides is 1. The number of carbonyl (C=O) groups is 1. The number of nitrogens with zero attached hydrogens (tertiary/aromatic N) is 2. The lowest BCUT2D eigenvalue weighted by Crippen LogP contribution is -2.36. The third kappa shape index (κ3) is 5.00. The van der Waals surface area contributed by atoms with Crippen LogP contribution in [-0.4, -0.2) is 50.4 Å². The molecule has 3 heterocycles. The van der Waals surface area contributed by atoms with E-state index in [0.29, 0.717) is 49.3 Å². The molecule has 0 saturated carbocycles. The standard InChI is InChI=1S/C22H25N3O4S2/c1-3-28-19-12-18(25-6-8-27-9-7-25)20(29-4-2)11-16(19)23-21(26)17-14-31-22(24-17)15-5-10-30-13-15/h5,10-14H,3-4,6-9H2,1-2H3,(H,23,26). The summed E-state index contributed by atoms with van der Waals surface area (Å²) in [6.07, 6.45) is 0. The Morgan fingerprint density at radius 1 is 1.16 bits per heavy atom. The molecule has 0 atom stereocenters. The van der Waals surface area contributed by atoms with Crippen LogP contribution in [0.15, 0.2) is 34.3 Å². The molecule has 0 aliphatic carbocycles. The summed E-state index contributed by atoms with van der Waals surface area (Å²) in [6.45, 7) is 7.77. The molecule has 2 aromatic heterocycles. The Kier molecular flexibility index (Phi) is 7.06. The molecule has 1 fully saturated rings. The van der Waals surface area contributed by atoms with Crippen molar-refractivity contribution in [3.63, 3.8) is 0 Å². The summed E-state index contributed by atoms with van der Waals surface area (Å²) in [4.78, 5) is 19.6. The number of thiazole rings is 1. The number of hydrogen-bond donors (Lipinski definition) is 1. The number of anilines is 2. The zero-order valence-corrected chi connectivity index (χ0v) is 19.2. The van der Waals surface area contributed by atoms with E-state index in [4.69, 9.17) is 14.2 Å². The zero-order chi connectivity index (χ0) is 21.6. The number of aromatic nitrogens is 1. The van der Waals surface area contributed by atoms with Gasteiger partial charge < -0.3 is 24.4 Å². The van der Waals surface area contributed by atoms with Gasteiger partial charge in [-0.2, -0.15) is 11.3 Å². The van der Waals surface area contributed by atoms with Gasteiger partial charge in [-0.3, -0.25) is 4.79 Å². The van der Waals surface area contributed by atoms with Crippen LogP contribution in [0, 0.1) is 0 Å². The van der Waals surface area contributed by atoms with Gasteiger partial charge in [0, 0.05) is 41.5 Å². The van der Waals surface area contributed by atoms with Crippen molar-refractivity contribution in [2.45, 2.75) is 13.8 Å². The lowest BCUT2D eigenvalue weighted by Gasteiger charge is -2.31. The number of hydrogen-bond acceptors (Lipinski definition) is 8. The van der Waals surface area contributed by atoms with E-state index >= 15 is 0 Å². The van der Waals surface area contributed by atoms with Gasteiger partial charge in [0.2, 0.25) is 0 Å². The quantitative estimate of drug-likeness (QED) is 0.524. The Morgan fingerprint density at radius 3 is 2.65 bits per heavy atom. The molecule has 1 aliphatic rings. The van der Waals surface area contributed by atoms with Crippen LogP contribution in [0.1, 0.15) is 24.3 Å². The molecule has 0 radical (unpaired) electrons. The first kappa shape index (κ1) is 21.6. The van der Waals surface area contributed by atoms with Crippen molar-refractivity contribution in [1.29, 1.82) is 0 Å². The molecule has 0 bridgehead atoms. The minimum Gasteiger partial charge on any atom is -0.492 e. The molecule has 4 rings (SSSR count). The number of ether oxygens (including phenoxy) is 3. The van der Waals surface area contributed by atoms with Crippen molar-refractivity contribution >= 4 is 40.0 Å². The lowest BCUT2D eigenvalue weighted by molar-refractivity contribution is 0.102. The van der Waals surface area contributed by atoms with Crippen molar-refractivity contribution in [3.8, 4) is 22.1 Å². The Labute approximate surface area is 189 Å². The molecule has 0 spiro atoms. The van der Waals surface area contributed by atoms with Crippen molar-refractivity contribution < 1.29 is 19.0 Å². The van der Waals surface area contributed by atoms with E-state index in [1.807, 2.05) is 42.8 Å². The maximum Gasteiger partial charge on any atom is 0.275 e. The van der Waals surface area contributed by atoms with Crippen LogP contribution >= 0.6 is 22.7 Å². The predicted molar refractivity (Wildman–Crippen MR) is 125 cm³/mol. The number of morpholine rings is 1. The molecular formula is C22H25N3O4S2. The van der Waals surface area contributed by atoms with Gasteiger partial charge in [-0.25, -0.2) is 4.98 Å². The first-order chi connectivity index (χ1) is 15.2. The van der Waals surface area contributed by atoms with E-state index in [1.165, 1.54) is 11.3 Å². The third-order valence-corrected chi connectivity index (χ3v) is 6.34. The fourth-order valence-corrected chi connectivity index (χ4v) is 4.84. The highest BCUT2D eigenvalue weighted by molar-refractivity contribution is 7.14. The van der Waals surface area contributed by atoms with Gasteiger partial charge >= 0.3 is 0 Å². The van der Waals surface area contributed by atoms with Gasteiger partial charge in [0.05, 0.1) is 37.8 Å². The van der Waals surface area contributed by atoms with Crippen molar-refractivity contribution in [3.05, 3.63) is 40.0 Å². The van der Waals surface area contributed by atoms with Crippen LogP contribution in [0.25, 0.3) is 10.6 Å². The summed E-state index contributed by atoms with van der Waals surface area (Å²) in [5.74, 6) is 1.04. The molecule has 1 aliphatic heterocycles. The highest BCUT2D eigenvalue weighted by Gasteiger charge is 2.21. The average Bonchev–Trinajstić information content (AvgIpc) is 3.48. The number of rotatable bonds is 8. The minimum absolute atomic E-state index is 0.278. The summed E-state index contributed by atoms with van der Waals surface area (Å²) in [5, 5.41) is 9.58. The first-order valence-corrected chi connectivity index (χ1v) is 12.1. The van der Waals surface area contributed by atoms with Gasteiger partial charge in [-0.1, -0.05) is 0 Å². The van der Waals surface area contributed by atoms with Crippen LogP contribution in [0.2, 0.25) is 0 Å². The van der Waals surface area contributed by atoms with Crippen molar-refractivity contribution in [2.24, 2.45) is 0 Å². The fraction of sp³-hybridized carbons (Fsp3) is 0.364. The molecule has 164 valence electrons. The molecule has 1 aromatic carbocycles. The highest BCUT2D eigenvalue weighted by Crippen LogP contribution is 2.39. The van der Waals surface area contributed by atoms with E-state index in [0.717, 1.165) is 29.3 Å². The van der Waals surface area contributed by atoms with Gasteiger partial charge in [-0.05, 0) is 25.3 Å². The van der Waals surface area contributed by atoms with Crippen LogP contribution < -0.4 is 19.7 Å². The zero-order valence-electron chi connectivity index (χ0n) is 17.6. The summed E-state index contributed by atoms with van der Waals surface area (Å²) < 4.78 is 17.2. The van der Waals surface area contributed by atoms with E-state index < -0.39 is 0 Å². The highest BCUT2D eigenvalue weighted by atomic mass is 32.1. The van der Waals surface area contributed by atoms with Crippen molar-refractivity contribution in [1.82, 2.24) is 4.98 Å². The Balaban J connectivity index is 1.61. The molecular weight excluding hydrogens is 434 g/mol. The number of benzene rings is 1. The topological polar surface area (TPSA) is 72.9 Å². The molecule has 9 heteroatoms. The van der Waals surface area contributed by atoms with Crippen LogP contribution in [0.3, 0.4) is 0 Å².